The first-order valence-corrected chi connectivity index (χ1v) is 6.13. The van der Waals surface area contributed by atoms with Crippen LogP contribution in [0.15, 0.2) is 42.5 Å². The lowest BCUT2D eigenvalue weighted by Gasteiger charge is -2.15. The van der Waals surface area contributed by atoms with Crippen LogP contribution in [-0.2, 0) is 6.18 Å². The van der Waals surface area contributed by atoms with E-state index in [1.807, 2.05) is 0 Å². The van der Waals surface area contributed by atoms with E-state index in [0.717, 1.165) is 18.2 Å². The Morgan fingerprint density at radius 1 is 1.14 bits per heavy atom. The van der Waals surface area contributed by atoms with Gasteiger partial charge < -0.3 is 10.4 Å². The Balaban J connectivity index is 2.38. The molecule has 7 heteroatoms. The van der Waals surface area contributed by atoms with Crippen molar-refractivity contribution < 1.29 is 23.1 Å². The molecular weight excluding hydrogens is 307 g/mol. The first-order chi connectivity index (χ1) is 9.79. The molecule has 0 unspecified atom stereocenters. The van der Waals surface area contributed by atoms with Crippen molar-refractivity contribution in [2.75, 3.05) is 5.32 Å². The highest BCUT2D eigenvalue weighted by atomic mass is 35.5. The Morgan fingerprint density at radius 2 is 1.81 bits per heavy atom. The van der Waals surface area contributed by atoms with Gasteiger partial charge in [0.2, 0.25) is 0 Å². The van der Waals surface area contributed by atoms with Crippen molar-refractivity contribution in [3.63, 3.8) is 0 Å². The van der Waals surface area contributed by atoms with Crippen LogP contribution in [0.3, 0.4) is 0 Å². The van der Waals surface area contributed by atoms with E-state index in [-0.39, 0.29) is 16.3 Å². The number of alkyl halides is 3. The molecule has 3 nitrogen and oxygen atoms in total. The number of hydrogen-bond acceptors (Lipinski definition) is 2. The smallest absolute Gasteiger partial charge is 0.418 e. The predicted octanol–water partition coefficient (Wildman–Crippen LogP) is 4.32. The predicted molar refractivity (Wildman–Crippen MR) is 72.5 cm³/mol. The number of amides is 1. The zero-order chi connectivity index (χ0) is 15.6. The van der Waals surface area contributed by atoms with Crippen molar-refractivity contribution in [3.8, 4) is 5.75 Å². The average molecular weight is 316 g/mol. The molecule has 0 fully saturated rings. The summed E-state index contributed by atoms with van der Waals surface area (Å²) in [6.07, 6.45) is -4.65. The Hall–Kier alpha value is -2.21. The van der Waals surface area contributed by atoms with Gasteiger partial charge in [-0.2, -0.15) is 13.2 Å². The van der Waals surface area contributed by atoms with Crippen molar-refractivity contribution in [2.24, 2.45) is 0 Å². The van der Waals surface area contributed by atoms with Gasteiger partial charge in [-0.1, -0.05) is 23.7 Å². The molecule has 2 N–H and O–H groups in total. The Labute approximate surface area is 123 Å². The highest BCUT2D eigenvalue weighted by Crippen LogP contribution is 2.38. The molecule has 0 radical (unpaired) electrons. The maximum atomic E-state index is 12.9. The second kappa shape index (κ2) is 5.65. The summed E-state index contributed by atoms with van der Waals surface area (Å²) >= 11 is 5.73. The van der Waals surface area contributed by atoms with Crippen LogP contribution in [-0.4, -0.2) is 11.0 Å². The molecule has 0 saturated carbocycles. The van der Waals surface area contributed by atoms with Crippen LogP contribution in [0.5, 0.6) is 5.75 Å². The molecule has 0 saturated heterocycles. The molecule has 0 aliphatic rings. The minimum atomic E-state index is -4.65. The van der Waals surface area contributed by atoms with Crippen LogP contribution in [0, 0.1) is 0 Å². The zero-order valence-corrected chi connectivity index (χ0v) is 11.2. The fourth-order valence-corrected chi connectivity index (χ4v) is 1.94. The standard InChI is InChI=1S/C14H9ClF3NO2/c15-11-6-2-5-10(14(16,17)18)12(11)19-13(21)8-3-1-4-9(20)7-8/h1-7,20H,(H,19,21). The summed E-state index contributed by atoms with van der Waals surface area (Å²) in [6, 6.07) is 8.46. The van der Waals surface area contributed by atoms with Crippen LogP contribution in [0.2, 0.25) is 5.02 Å². The van der Waals surface area contributed by atoms with Crippen LogP contribution >= 0.6 is 11.6 Å². The number of para-hydroxylation sites is 1. The molecule has 0 atom stereocenters. The number of hydrogen-bond donors (Lipinski definition) is 2. The van der Waals surface area contributed by atoms with Crippen molar-refractivity contribution in [1.29, 1.82) is 0 Å². The van der Waals surface area contributed by atoms with E-state index in [1.165, 1.54) is 24.3 Å². The number of carbonyl (C=O) groups is 1. The number of anilines is 1. The van der Waals surface area contributed by atoms with Gasteiger partial charge in [0.25, 0.3) is 5.91 Å². The molecule has 2 rings (SSSR count). The average Bonchev–Trinajstić information content (AvgIpc) is 2.39. The van der Waals surface area contributed by atoms with Gasteiger partial charge in [0.05, 0.1) is 16.3 Å². The lowest BCUT2D eigenvalue weighted by atomic mass is 10.1. The van der Waals surface area contributed by atoms with E-state index in [0.29, 0.717) is 0 Å². The van der Waals surface area contributed by atoms with Crippen molar-refractivity contribution in [3.05, 3.63) is 58.6 Å². The van der Waals surface area contributed by atoms with E-state index in [1.54, 1.807) is 0 Å². The molecule has 0 spiro atoms. The Bertz CT molecular complexity index is 686. The number of phenolic OH excluding ortho intramolecular Hbond substituents is 1. The maximum Gasteiger partial charge on any atom is 0.418 e. The number of phenols is 1. The van der Waals surface area contributed by atoms with Crippen molar-refractivity contribution in [2.45, 2.75) is 6.18 Å². The second-order valence-corrected chi connectivity index (χ2v) is 4.57. The quantitative estimate of drug-likeness (QED) is 0.867. The number of aromatic hydroxyl groups is 1. The van der Waals surface area contributed by atoms with Crippen LogP contribution in [0.4, 0.5) is 18.9 Å². The summed E-state index contributed by atoms with van der Waals surface area (Å²) in [5.41, 5.74) is -1.54. The van der Waals surface area contributed by atoms with Gasteiger partial charge in [-0.15, -0.1) is 0 Å². The third-order valence-electron chi connectivity index (χ3n) is 2.67. The molecule has 21 heavy (non-hydrogen) atoms. The molecule has 0 aliphatic heterocycles. The fraction of sp³-hybridized carbons (Fsp3) is 0.0714. The molecule has 0 aromatic heterocycles. The molecule has 0 aliphatic carbocycles. The van der Waals surface area contributed by atoms with Crippen molar-refractivity contribution >= 4 is 23.2 Å². The van der Waals surface area contributed by atoms with Gasteiger partial charge in [-0.3, -0.25) is 4.79 Å². The molecule has 1 amide bonds. The van der Waals surface area contributed by atoms with Gasteiger partial charge in [-0.05, 0) is 30.3 Å². The maximum absolute atomic E-state index is 12.9. The summed E-state index contributed by atoms with van der Waals surface area (Å²) in [4.78, 5) is 11.9. The Kier molecular flexibility index (Phi) is 4.09. The number of benzene rings is 2. The van der Waals surface area contributed by atoms with E-state index < -0.39 is 23.3 Å². The minimum absolute atomic E-state index is 0.0167. The first-order valence-electron chi connectivity index (χ1n) is 5.75. The summed E-state index contributed by atoms with van der Waals surface area (Å²) < 4.78 is 38.7. The summed E-state index contributed by atoms with van der Waals surface area (Å²) in [6.45, 7) is 0. The minimum Gasteiger partial charge on any atom is -0.508 e. The van der Waals surface area contributed by atoms with Gasteiger partial charge in [0.15, 0.2) is 0 Å². The number of halogens is 4. The van der Waals surface area contributed by atoms with Gasteiger partial charge in [-0.25, -0.2) is 0 Å². The topological polar surface area (TPSA) is 49.3 Å². The Morgan fingerprint density at radius 3 is 2.43 bits per heavy atom. The number of carbonyl (C=O) groups excluding carboxylic acids is 1. The monoisotopic (exact) mass is 315 g/mol. The van der Waals surface area contributed by atoms with Gasteiger partial charge >= 0.3 is 6.18 Å². The summed E-state index contributed by atoms with van der Waals surface area (Å²) in [5.74, 6) is -0.970. The van der Waals surface area contributed by atoms with E-state index >= 15 is 0 Å². The van der Waals surface area contributed by atoms with E-state index in [2.05, 4.69) is 5.32 Å². The molecule has 2 aromatic carbocycles. The van der Waals surface area contributed by atoms with Crippen molar-refractivity contribution in [1.82, 2.24) is 0 Å². The highest BCUT2D eigenvalue weighted by molar-refractivity contribution is 6.34. The number of rotatable bonds is 2. The largest absolute Gasteiger partial charge is 0.508 e. The summed E-state index contributed by atoms with van der Waals surface area (Å²) in [5, 5.41) is 11.2. The van der Waals surface area contributed by atoms with Crippen LogP contribution in [0.25, 0.3) is 0 Å². The van der Waals surface area contributed by atoms with Crippen LogP contribution < -0.4 is 5.32 Å². The molecule has 110 valence electrons. The first kappa shape index (κ1) is 15.2. The second-order valence-electron chi connectivity index (χ2n) is 4.16. The van der Waals surface area contributed by atoms with E-state index in [9.17, 15) is 23.1 Å². The SMILES string of the molecule is O=C(Nc1c(Cl)cccc1C(F)(F)F)c1cccc(O)c1. The fourth-order valence-electron chi connectivity index (χ4n) is 1.72. The lowest BCUT2D eigenvalue weighted by molar-refractivity contribution is -0.136. The van der Waals surface area contributed by atoms with Gasteiger partial charge in [0, 0.05) is 5.56 Å². The third-order valence-corrected chi connectivity index (χ3v) is 2.98. The molecule has 2 aromatic rings. The lowest BCUT2D eigenvalue weighted by Crippen LogP contribution is -2.17. The normalized spacial score (nSPS) is 11.2. The molecule has 0 heterocycles. The van der Waals surface area contributed by atoms with E-state index in [4.69, 9.17) is 11.6 Å². The third kappa shape index (κ3) is 3.46. The zero-order valence-electron chi connectivity index (χ0n) is 10.4. The molecule has 0 bridgehead atoms. The molecular formula is C14H9ClF3NO2. The van der Waals surface area contributed by atoms with Crippen LogP contribution in [0.1, 0.15) is 15.9 Å². The summed E-state index contributed by atoms with van der Waals surface area (Å²) in [7, 11) is 0. The number of nitrogens with one attached hydrogen (secondary N) is 1. The van der Waals surface area contributed by atoms with Gasteiger partial charge in [0.1, 0.15) is 5.75 Å². The highest BCUT2D eigenvalue weighted by Gasteiger charge is 2.34.